The molecule has 0 aliphatic heterocycles. The van der Waals surface area contributed by atoms with Gasteiger partial charge in [0.05, 0.1) is 4.92 Å². The number of halogens is 1. The molecule has 0 bridgehead atoms. The Morgan fingerprint density at radius 3 is 2.48 bits per heavy atom. The Kier molecular flexibility index (Phi) is 4.63. The summed E-state index contributed by atoms with van der Waals surface area (Å²) in [6, 6.07) is 8.71. The van der Waals surface area contributed by atoms with E-state index < -0.39 is 4.92 Å². The third-order valence-electron chi connectivity index (χ3n) is 3.38. The first kappa shape index (κ1) is 15.5. The minimum atomic E-state index is -0.405. The molecule has 0 atom stereocenters. The average Bonchev–Trinajstić information content (AvgIpc) is 2.44. The number of hydrogen-bond acceptors (Lipinski definition) is 3. The molecule has 0 radical (unpaired) electrons. The molecule has 0 saturated carbocycles. The Balaban J connectivity index is 2.42. The molecule has 5 heteroatoms. The number of hydrogen-bond donors (Lipinski definition) is 0. The van der Waals surface area contributed by atoms with E-state index in [1.807, 2.05) is 26.8 Å². The van der Waals surface area contributed by atoms with Crippen molar-refractivity contribution in [2.45, 2.75) is 26.1 Å². The van der Waals surface area contributed by atoms with Gasteiger partial charge in [0.25, 0.3) is 5.69 Å². The van der Waals surface area contributed by atoms with Crippen LogP contribution in [0.15, 0.2) is 30.3 Å². The summed E-state index contributed by atoms with van der Waals surface area (Å²) < 4.78 is 5.97. The van der Waals surface area contributed by atoms with Crippen molar-refractivity contribution in [1.82, 2.24) is 0 Å². The maximum Gasteiger partial charge on any atom is 0.270 e. The van der Waals surface area contributed by atoms with Crippen molar-refractivity contribution in [3.05, 3.63) is 62.7 Å². The molecule has 0 heterocycles. The van der Waals surface area contributed by atoms with Crippen molar-refractivity contribution < 1.29 is 9.66 Å². The van der Waals surface area contributed by atoms with Crippen molar-refractivity contribution in [3.63, 3.8) is 0 Å². The largest absolute Gasteiger partial charge is 0.457 e. The zero-order valence-electron chi connectivity index (χ0n) is 12.1. The summed E-state index contributed by atoms with van der Waals surface area (Å²) in [4.78, 5) is 10.4. The molecule has 2 aromatic carbocycles. The zero-order chi connectivity index (χ0) is 15.6. The van der Waals surface area contributed by atoms with Crippen molar-refractivity contribution in [1.29, 1.82) is 0 Å². The second kappa shape index (κ2) is 6.26. The molecule has 0 amide bonds. The first-order valence-corrected chi connectivity index (χ1v) is 7.63. The Hall–Kier alpha value is -1.88. The van der Waals surface area contributed by atoms with E-state index in [-0.39, 0.29) is 5.69 Å². The second-order valence-corrected chi connectivity index (χ2v) is 5.55. The van der Waals surface area contributed by atoms with Gasteiger partial charge in [-0.25, -0.2) is 0 Å². The van der Waals surface area contributed by atoms with Crippen molar-refractivity contribution in [2.24, 2.45) is 0 Å². The Labute approximate surface area is 132 Å². The van der Waals surface area contributed by atoms with Crippen LogP contribution < -0.4 is 4.74 Å². The Bertz CT molecular complexity index is 698. The summed E-state index contributed by atoms with van der Waals surface area (Å²) in [5.74, 6) is 1.41. The number of nitrogens with zero attached hydrogens (tertiary/aromatic N) is 1. The number of non-ortho nitro benzene ring substituents is 1. The molecule has 0 aliphatic rings. The van der Waals surface area contributed by atoms with E-state index in [1.54, 1.807) is 6.07 Å². The highest BCUT2D eigenvalue weighted by molar-refractivity contribution is 9.08. The van der Waals surface area contributed by atoms with Gasteiger partial charge in [0, 0.05) is 23.0 Å². The second-order valence-electron chi connectivity index (χ2n) is 4.99. The minimum Gasteiger partial charge on any atom is -0.457 e. The van der Waals surface area contributed by atoms with Gasteiger partial charge in [-0.3, -0.25) is 10.1 Å². The monoisotopic (exact) mass is 349 g/mol. The van der Waals surface area contributed by atoms with Crippen LogP contribution in [0, 0.1) is 30.9 Å². The maximum absolute atomic E-state index is 10.8. The number of benzene rings is 2. The molecule has 0 aromatic heterocycles. The molecule has 2 rings (SSSR count). The number of aryl methyl sites for hydroxylation is 2. The molecular formula is C16H16BrNO3. The molecule has 0 fully saturated rings. The lowest BCUT2D eigenvalue weighted by Gasteiger charge is -2.14. The molecular weight excluding hydrogens is 334 g/mol. The van der Waals surface area contributed by atoms with Gasteiger partial charge < -0.3 is 4.74 Å². The number of nitro groups is 1. The quantitative estimate of drug-likeness (QED) is 0.432. The highest BCUT2D eigenvalue weighted by Gasteiger charge is 2.13. The molecule has 0 aliphatic carbocycles. The standard InChI is InChI=1S/C16H16BrNO3/c1-10-6-11(2)12(3)16(7-10)21-15-5-4-14(18(19)20)8-13(15)9-17/h4-8H,9H2,1-3H3. The van der Waals surface area contributed by atoms with Crippen LogP contribution in [0.2, 0.25) is 0 Å². The van der Waals surface area contributed by atoms with Gasteiger partial charge in [-0.1, -0.05) is 22.0 Å². The number of nitro benzene ring substituents is 1. The summed E-state index contributed by atoms with van der Waals surface area (Å²) >= 11 is 3.35. The Morgan fingerprint density at radius 2 is 1.86 bits per heavy atom. The normalized spacial score (nSPS) is 10.5. The number of alkyl halides is 1. The van der Waals surface area contributed by atoms with Gasteiger partial charge >= 0.3 is 0 Å². The van der Waals surface area contributed by atoms with E-state index in [4.69, 9.17) is 4.74 Å². The third-order valence-corrected chi connectivity index (χ3v) is 3.99. The predicted octanol–water partition coefficient (Wildman–Crippen LogP) is 5.21. The molecule has 0 N–H and O–H groups in total. The fourth-order valence-corrected chi connectivity index (χ4v) is 2.55. The van der Waals surface area contributed by atoms with Crippen LogP contribution in [-0.4, -0.2) is 4.92 Å². The molecule has 21 heavy (non-hydrogen) atoms. The molecule has 0 saturated heterocycles. The van der Waals surface area contributed by atoms with Crippen molar-refractivity contribution in [3.8, 4) is 11.5 Å². The summed E-state index contributed by atoms with van der Waals surface area (Å²) in [6.07, 6.45) is 0. The average molecular weight is 350 g/mol. The van der Waals surface area contributed by atoms with Crippen LogP contribution in [-0.2, 0) is 5.33 Å². The van der Waals surface area contributed by atoms with Crippen LogP contribution >= 0.6 is 15.9 Å². The number of rotatable bonds is 4. The van der Waals surface area contributed by atoms with Crippen LogP contribution in [0.25, 0.3) is 0 Å². The lowest BCUT2D eigenvalue weighted by molar-refractivity contribution is -0.384. The van der Waals surface area contributed by atoms with Crippen LogP contribution in [0.1, 0.15) is 22.3 Å². The first-order valence-electron chi connectivity index (χ1n) is 6.51. The maximum atomic E-state index is 10.8. The van der Waals surface area contributed by atoms with Gasteiger partial charge in [-0.05, 0) is 49.6 Å². The lowest BCUT2D eigenvalue weighted by atomic mass is 10.1. The summed E-state index contributed by atoms with van der Waals surface area (Å²) in [5.41, 5.74) is 4.17. The van der Waals surface area contributed by atoms with Crippen LogP contribution in [0.3, 0.4) is 0 Å². The summed E-state index contributed by atoms with van der Waals surface area (Å²) in [5, 5.41) is 11.3. The number of ether oxygens (including phenoxy) is 1. The van der Waals surface area contributed by atoms with Crippen molar-refractivity contribution >= 4 is 21.6 Å². The van der Waals surface area contributed by atoms with Crippen LogP contribution in [0.4, 0.5) is 5.69 Å². The van der Waals surface area contributed by atoms with E-state index in [2.05, 4.69) is 22.0 Å². The first-order chi connectivity index (χ1) is 9.92. The smallest absolute Gasteiger partial charge is 0.270 e. The van der Waals surface area contributed by atoms with Crippen molar-refractivity contribution in [2.75, 3.05) is 0 Å². The van der Waals surface area contributed by atoms with Gasteiger partial charge in [0.15, 0.2) is 0 Å². The van der Waals surface area contributed by atoms with Crippen LogP contribution in [0.5, 0.6) is 11.5 Å². The van der Waals surface area contributed by atoms with Gasteiger partial charge in [0.2, 0.25) is 0 Å². The summed E-state index contributed by atoms with van der Waals surface area (Å²) in [6.45, 7) is 6.06. The molecule has 4 nitrogen and oxygen atoms in total. The fraction of sp³-hybridized carbons (Fsp3) is 0.250. The zero-order valence-corrected chi connectivity index (χ0v) is 13.7. The van der Waals surface area contributed by atoms with E-state index in [0.29, 0.717) is 11.1 Å². The highest BCUT2D eigenvalue weighted by atomic mass is 79.9. The SMILES string of the molecule is Cc1cc(C)c(C)c(Oc2ccc([N+](=O)[O-])cc2CBr)c1. The molecule has 0 unspecified atom stereocenters. The fourth-order valence-electron chi connectivity index (χ4n) is 2.11. The Morgan fingerprint density at radius 1 is 1.14 bits per heavy atom. The molecule has 0 spiro atoms. The summed E-state index contributed by atoms with van der Waals surface area (Å²) in [7, 11) is 0. The van der Waals surface area contributed by atoms with E-state index >= 15 is 0 Å². The van der Waals surface area contributed by atoms with Gasteiger partial charge in [0.1, 0.15) is 11.5 Å². The third kappa shape index (κ3) is 3.42. The molecule has 2 aromatic rings. The van der Waals surface area contributed by atoms with E-state index in [0.717, 1.165) is 28.0 Å². The molecule has 110 valence electrons. The lowest BCUT2D eigenvalue weighted by Crippen LogP contribution is -1.96. The van der Waals surface area contributed by atoms with E-state index in [9.17, 15) is 10.1 Å². The van der Waals surface area contributed by atoms with E-state index in [1.165, 1.54) is 12.1 Å². The minimum absolute atomic E-state index is 0.0638. The topological polar surface area (TPSA) is 52.4 Å². The predicted molar refractivity (Wildman–Crippen MR) is 86.5 cm³/mol. The van der Waals surface area contributed by atoms with Gasteiger partial charge in [-0.15, -0.1) is 0 Å². The highest BCUT2D eigenvalue weighted by Crippen LogP contribution is 2.33. The van der Waals surface area contributed by atoms with Gasteiger partial charge in [-0.2, -0.15) is 0 Å².